The monoisotopic (exact) mass is 467 g/mol. The molecule has 0 spiro atoms. The highest BCUT2D eigenvalue weighted by Crippen LogP contribution is 2.36. The first-order valence-electron chi connectivity index (χ1n) is 10.3. The van der Waals surface area contributed by atoms with Crippen LogP contribution in [0.3, 0.4) is 0 Å². The molecule has 34 heavy (non-hydrogen) atoms. The standard InChI is InChI=1S/C24H20F3N5O2/c25-24(26,27)19-14-17(30-22(33)16-6-2-1-3-7-16)9-10-20(19)31-23(34)28-12-11-18-15-32-13-5-4-8-21(32)29-18/h1-10,13-15H,11-12H2,(H,30,33)(H2,28,31,34). The Bertz CT molecular complexity index is 1290. The molecule has 0 saturated heterocycles. The molecule has 0 saturated carbocycles. The number of halogens is 3. The average molecular weight is 467 g/mol. The number of anilines is 2. The molecule has 174 valence electrons. The first-order valence-corrected chi connectivity index (χ1v) is 10.3. The molecule has 2 aromatic heterocycles. The van der Waals surface area contributed by atoms with Gasteiger partial charge in [0.25, 0.3) is 5.91 Å². The summed E-state index contributed by atoms with van der Waals surface area (Å²) < 4.78 is 42.7. The summed E-state index contributed by atoms with van der Waals surface area (Å²) in [6, 6.07) is 16.1. The highest BCUT2D eigenvalue weighted by Gasteiger charge is 2.34. The molecule has 0 aliphatic carbocycles. The van der Waals surface area contributed by atoms with Crippen molar-refractivity contribution in [3.05, 3.63) is 95.9 Å². The van der Waals surface area contributed by atoms with Crippen molar-refractivity contribution >= 4 is 29.0 Å². The molecule has 3 N–H and O–H groups in total. The van der Waals surface area contributed by atoms with Gasteiger partial charge in [-0.15, -0.1) is 0 Å². The summed E-state index contributed by atoms with van der Waals surface area (Å²) >= 11 is 0. The number of carbonyl (C=O) groups excluding carboxylic acids is 2. The van der Waals surface area contributed by atoms with Crippen molar-refractivity contribution in [2.45, 2.75) is 12.6 Å². The lowest BCUT2D eigenvalue weighted by Crippen LogP contribution is -2.31. The van der Waals surface area contributed by atoms with E-state index in [0.29, 0.717) is 12.0 Å². The lowest BCUT2D eigenvalue weighted by molar-refractivity contribution is -0.136. The second kappa shape index (κ2) is 9.65. The summed E-state index contributed by atoms with van der Waals surface area (Å²) in [5.74, 6) is -0.542. The topological polar surface area (TPSA) is 87.5 Å². The predicted octanol–water partition coefficient (Wildman–Crippen LogP) is 4.97. The van der Waals surface area contributed by atoms with Crippen LogP contribution in [0, 0.1) is 0 Å². The molecule has 0 atom stereocenters. The number of amides is 3. The fourth-order valence-corrected chi connectivity index (χ4v) is 3.34. The maximum Gasteiger partial charge on any atom is 0.418 e. The first-order chi connectivity index (χ1) is 16.3. The van der Waals surface area contributed by atoms with E-state index in [9.17, 15) is 22.8 Å². The quantitative estimate of drug-likeness (QED) is 0.374. The maximum absolute atomic E-state index is 13.6. The fourth-order valence-electron chi connectivity index (χ4n) is 3.34. The van der Waals surface area contributed by atoms with Crippen LogP contribution in [0.25, 0.3) is 5.65 Å². The van der Waals surface area contributed by atoms with Gasteiger partial charge in [-0.1, -0.05) is 24.3 Å². The van der Waals surface area contributed by atoms with Crippen molar-refractivity contribution in [1.29, 1.82) is 0 Å². The predicted molar refractivity (Wildman–Crippen MR) is 122 cm³/mol. The van der Waals surface area contributed by atoms with Gasteiger partial charge in [0.15, 0.2) is 0 Å². The molecule has 0 fully saturated rings. The minimum absolute atomic E-state index is 0.0426. The van der Waals surface area contributed by atoms with Gasteiger partial charge in [0.05, 0.1) is 16.9 Å². The van der Waals surface area contributed by atoms with Crippen molar-refractivity contribution in [3.63, 3.8) is 0 Å². The lowest BCUT2D eigenvalue weighted by atomic mass is 10.1. The highest BCUT2D eigenvalue weighted by molar-refractivity contribution is 6.04. The molecule has 3 amide bonds. The van der Waals surface area contributed by atoms with Gasteiger partial charge < -0.3 is 20.4 Å². The molecule has 2 aromatic carbocycles. The van der Waals surface area contributed by atoms with E-state index >= 15 is 0 Å². The molecule has 4 aromatic rings. The number of hydrogen-bond acceptors (Lipinski definition) is 3. The number of nitrogens with one attached hydrogen (secondary N) is 3. The van der Waals surface area contributed by atoms with Crippen molar-refractivity contribution in [2.75, 3.05) is 17.2 Å². The number of benzene rings is 2. The number of pyridine rings is 1. The number of nitrogens with zero attached hydrogens (tertiary/aromatic N) is 2. The third kappa shape index (κ3) is 5.52. The van der Waals surface area contributed by atoms with Crippen LogP contribution < -0.4 is 16.0 Å². The van der Waals surface area contributed by atoms with E-state index in [1.165, 1.54) is 6.07 Å². The van der Waals surface area contributed by atoms with Gasteiger partial charge in [-0.3, -0.25) is 4.79 Å². The summed E-state index contributed by atoms with van der Waals surface area (Å²) in [5.41, 5.74) is 0.267. The Morgan fingerprint density at radius 1 is 0.941 bits per heavy atom. The van der Waals surface area contributed by atoms with Crippen LogP contribution in [0.1, 0.15) is 21.6 Å². The summed E-state index contributed by atoms with van der Waals surface area (Å²) in [5, 5.41) is 7.21. The number of aromatic nitrogens is 2. The van der Waals surface area contributed by atoms with E-state index in [2.05, 4.69) is 20.9 Å². The fraction of sp³-hybridized carbons (Fsp3) is 0.125. The van der Waals surface area contributed by atoms with Crippen LogP contribution in [0.5, 0.6) is 0 Å². The van der Waals surface area contributed by atoms with Crippen LogP contribution in [-0.2, 0) is 12.6 Å². The number of rotatable bonds is 6. The van der Waals surface area contributed by atoms with Crippen molar-refractivity contribution in [1.82, 2.24) is 14.7 Å². The zero-order chi connectivity index (χ0) is 24.1. The summed E-state index contributed by atoms with van der Waals surface area (Å²) in [4.78, 5) is 28.9. The molecule has 0 bridgehead atoms. The smallest absolute Gasteiger partial charge is 0.337 e. The molecule has 0 unspecified atom stereocenters. The third-order valence-electron chi connectivity index (χ3n) is 4.95. The van der Waals surface area contributed by atoms with Gasteiger partial charge in [0.2, 0.25) is 0 Å². The largest absolute Gasteiger partial charge is 0.418 e. The van der Waals surface area contributed by atoms with Gasteiger partial charge in [-0.25, -0.2) is 9.78 Å². The molecule has 10 heteroatoms. The van der Waals surface area contributed by atoms with E-state index in [0.717, 1.165) is 23.5 Å². The van der Waals surface area contributed by atoms with E-state index in [1.807, 2.05) is 35.0 Å². The molecule has 7 nitrogen and oxygen atoms in total. The van der Waals surface area contributed by atoms with Crippen LogP contribution in [0.4, 0.5) is 29.3 Å². The number of fused-ring (bicyclic) bond motifs is 1. The second-order valence-corrected chi connectivity index (χ2v) is 7.41. The molecule has 0 aliphatic rings. The Labute approximate surface area is 192 Å². The van der Waals surface area contributed by atoms with E-state index in [-0.39, 0.29) is 12.2 Å². The minimum Gasteiger partial charge on any atom is -0.337 e. The summed E-state index contributed by atoms with van der Waals surface area (Å²) in [6.45, 7) is 0.183. The lowest BCUT2D eigenvalue weighted by Gasteiger charge is -2.16. The normalized spacial score (nSPS) is 11.3. The van der Waals surface area contributed by atoms with Crippen LogP contribution >= 0.6 is 0 Å². The van der Waals surface area contributed by atoms with Gasteiger partial charge in [-0.05, 0) is 42.5 Å². The molecule has 2 heterocycles. The highest BCUT2D eigenvalue weighted by atomic mass is 19.4. The van der Waals surface area contributed by atoms with E-state index in [4.69, 9.17) is 0 Å². The second-order valence-electron chi connectivity index (χ2n) is 7.41. The van der Waals surface area contributed by atoms with Crippen LogP contribution in [0.2, 0.25) is 0 Å². The summed E-state index contributed by atoms with van der Waals surface area (Å²) in [6.07, 6.45) is -0.673. The Balaban J connectivity index is 1.39. The van der Waals surface area contributed by atoms with Crippen molar-refractivity contribution in [3.8, 4) is 0 Å². The zero-order valence-electron chi connectivity index (χ0n) is 17.8. The van der Waals surface area contributed by atoms with Crippen LogP contribution in [0.15, 0.2) is 79.1 Å². The maximum atomic E-state index is 13.6. The van der Waals surface area contributed by atoms with Gasteiger partial charge in [0.1, 0.15) is 5.65 Å². The van der Waals surface area contributed by atoms with Crippen molar-refractivity contribution in [2.24, 2.45) is 0 Å². The number of carbonyl (C=O) groups is 2. The summed E-state index contributed by atoms with van der Waals surface area (Å²) in [7, 11) is 0. The average Bonchev–Trinajstić information content (AvgIpc) is 3.23. The number of urea groups is 1. The molecular weight excluding hydrogens is 447 g/mol. The Hall–Kier alpha value is -4.34. The first kappa shape index (κ1) is 22.8. The SMILES string of the molecule is O=C(NCCc1cn2ccccc2n1)Nc1ccc(NC(=O)c2ccccc2)cc1C(F)(F)F. The molecular formula is C24H20F3N5O2. The number of alkyl halides is 3. The van der Waals surface area contributed by atoms with E-state index < -0.39 is 29.4 Å². The van der Waals surface area contributed by atoms with Gasteiger partial charge in [0, 0.05) is 36.6 Å². The minimum atomic E-state index is -4.74. The van der Waals surface area contributed by atoms with Gasteiger partial charge in [-0.2, -0.15) is 13.2 Å². The van der Waals surface area contributed by atoms with E-state index in [1.54, 1.807) is 30.3 Å². The van der Waals surface area contributed by atoms with Gasteiger partial charge >= 0.3 is 12.2 Å². The Morgan fingerprint density at radius 3 is 2.44 bits per heavy atom. The number of imidazole rings is 1. The molecule has 4 rings (SSSR count). The Kier molecular flexibility index (Phi) is 6.48. The van der Waals surface area contributed by atoms with Crippen LogP contribution in [-0.4, -0.2) is 27.9 Å². The Morgan fingerprint density at radius 2 is 1.71 bits per heavy atom. The molecule has 0 aliphatic heterocycles. The van der Waals surface area contributed by atoms with Crippen molar-refractivity contribution < 1.29 is 22.8 Å². The third-order valence-corrected chi connectivity index (χ3v) is 4.95. The molecule has 0 radical (unpaired) electrons. The number of hydrogen-bond donors (Lipinski definition) is 3. The zero-order valence-corrected chi connectivity index (χ0v) is 17.8.